The summed E-state index contributed by atoms with van der Waals surface area (Å²) < 4.78 is 5.12. The van der Waals surface area contributed by atoms with Crippen LogP contribution in [0.2, 0.25) is 0 Å². The highest BCUT2D eigenvalue weighted by Gasteiger charge is 2.17. The zero-order valence-corrected chi connectivity index (χ0v) is 8.84. The SMILES string of the molecule is NCCCCC(=O)OCCC1CCC1. The van der Waals surface area contributed by atoms with E-state index in [2.05, 4.69) is 0 Å². The van der Waals surface area contributed by atoms with E-state index < -0.39 is 0 Å². The monoisotopic (exact) mass is 199 g/mol. The average Bonchev–Trinajstić information content (AvgIpc) is 2.10. The predicted molar refractivity (Wildman–Crippen MR) is 55.8 cm³/mol. The second kappa shape index (κ2) is 6.82. The van der Waals surface area contributed by atoms with E-state index in [0.717, 1.165) is 25.2 Å². The summed E-state index contributed by atoms with van der Waals surface area (Å²) in [5.74, 6) is 0.768. The molecule has 0 aromatic heterocycles. The Morgan fingerprint density at radius 2 is 2.14 bits per heavy atom. The summed E-state index contributed by atoms with van der Waals surface area (Å²) in [5.41, 5.74) is 5.33. The van der Waals surface area contributed by atoms with Crippen molar-refractivity contribution in [2.75, 3.05) is 13.2 Å². The first-order valence-corrected chi connectivity index (χ1v) is 5.68. The third-order valence-electron chi connectivity index (χ3n) is 2.85. The van der Waals surface area contributed by atoms with Crippen molar-refractivity contribution in [2.45, 2.75) is 44.9 Å². The molecule has 0 aromatic rings. The summed E-state index contributed by atoms with van der Waals surface area (Å²) in [5, 5.41) is 0. The van der Waals surface area contributed by atoms with Gasteiger partial charge in [0.05, 0.1) is 6.61 Å². The molecule has 1 aliphatic carbocycles. The van der Waals surface area contributed by atoms with Gasteiger partial charge in [0.2, 0.25) is 0 Å². The first-order chi connectivity index (χ1) is 6.83. The number of nitrogens with two attached hydrogens (primary N) is 1. The van der Waals surface area contributed by atoms with E-state index in [1.54, 1.807) is 0 Å². The molecule has 1 aliphatic rings. The lowest BCUT2D eigenvalue weighted by atomic mass is 9.83. The summed E-state index contributed by atoms with van der Waals surface area (Å²) >= 11 is 0. The molecule has 0 aliphatic heterocycles. The molecule has 3 nitrogen and oxygen atoms in total. The molecule has 1 rings (SSSR count). The van der Waals surface area contributed by atoms with Crippen molar-refractivity contribution < 1.29 is 9.53 Å². The van der Waals surface area contributed by atoms with E-state index >= 15 is 0 Å². The Morgan fingerprint density at radius 1 is 1.36 bits per heavy atom. The lowest BCUT2D eigenvalue weighted by Gasteiger charge is -2.24. The highest BCUT2D eigenvalue weighted by molar-refractivity contribution is 5.69. The van der Waals surface area contributed by atoms with Gasteiger partial charge in [-0.3, -0.25) is 4.79 Å². The molecule has 14 heavy (non-hydrogen) atoms. The van der Waals surface area contributed by atoms with Crippen LogP contribution < -0.4 is 5.73 Å². The topological polar surface area (TPSA) is 52.3 Å². The number of esters is 1. The van der Waals surface area contributed by atoms with Crippen LogP contribution in [0, 0.1) is 5.92 Å². The molecule has 1 fully saturated rings. The molecule has 2 N–H and O–H groups in total. The van der Waals surface area contributed by atoms with Crippen LogP contribution in [0.4, 0.5) is 0 Å². The molecule has 82 valence electrons. The van der Waals surface area contributed by atoms with Gasteiger partial charge in [-0.1, -0.05) is 19.3 Å². The molecule has 0 spiro atoms. The van der Waals surface area contributed by atoms with E-state index in [1.165, 1.54) is 19.3 Å². The van der Waals surface area contributed by atoms with Crippen molar-refractivity contribution >= 4 is 5.97 Å². The quantitative estimate of drug-likeness (QED) is 0.503. The normalized spacial score (nSPS) is 16.4. The summed E-state index contributed by atoms with van der Waals surface area (Å²) in [6.07, 6.45) is 7.37. The highest BCUT2D eigenvalue weighted by Crippen LogP contribution is 2.29. The van der Waals surface area contributed by atoms with Crippen LogP contribution in [-0.4, -0.2) is 19.1 Å². The minimum atomic E-state index is -0.0576. The van der Waals surface area contributed by atoms with Crippen LogP contribution in [0.15, 0.2) is 0 Å². The number of unbranched alkanes of at least 4 members (excludes halogenated alkanes) is 1. The second-order valence-corrected chi connectivity index (χ2v) is 4.05. The standard InChI is InChI=1S/C11H21NO2/c12-8-2-1-6-11(13)14-9-7-10-4-3-5-10/h10H,1-9,12H2. The molecule has 0 radical (unpaired) electrons. The van der Waals surface area contributed by atoms with Crippen LogP contribution in [-0.2, 0) is 9.53 Å². The van der Waals surface area contributed by atoms with Crippen LogP contribution in [0.5, 0.6) is 0 Å². The molecular formula is C11H21NO2. The number of rotatable bonds is 7. The van der Waals surface area contributed by atoms with Crippen molar-refractivity contribution in [1.82, 2.24) is 0 Å². The maximum absolute atomic E-state index is 11.1. The summed E-state index contributed by atoms with van der Waals surface area (Å²) in [6, 6.07) is 0. The van der Waals surface area contributed by atoms with Gasteiger partial charge in [0.25, 0.3) is 0 Å². The fourth-order valence-corrected chi connectivity index (χ4v) is 1.61. The summed E-state index contributed by atoms with van der Waals surface area (Å²) in [6.45, 7) is 1.28. The third kappa shape index (κ3) is 4.61. The van der Waals surface area contributed by atoms with Gasteiger partial charge in [-0.05, 0) is 31.7 Å². The third-order valence-corrected chi connectivity index (χ3v) is 2.85. The van der Waals surface area contributed by atoms with Crippen LogP contribution in [0.1, 0.15) is 44.9 Å². The van der Waals surface area contributed by atoms with Gasteiger partial charge >= 0.3 is 5.97 Å². The number of ether oxygens (including phenoxy) is 1. The van der Waals surface area contributed by atoms with Crippen molar-refractivity contribution in [2.24, 2.45) is 11.7 Å². The van der Waals surface area contributed by atoms with Crippen molar-refractivity contribution in [3.05, 3.63) is 0 Å². The van der Waals surface area contributed by atoms with Crippen LogP contribution in [0.3, 0.4) is 0 Å². The first kappa shape index (κ1) is 11.5. The lowest BCUT2D eigenvalue weighted by Crippen LogP contribution is -2.15. The fourth-order valence-electron chi connectivity index (χ4n) is 1.61. The molecule has 0 atom stereocenters. The van der Waals surface area contributed by atoms with Gasteiger partial charge in [0.1, 0.15) is 0 Å². The maximum Gasteiger partial charge on any atom is 0.305 e. The summed E-state index contributed by atoms with van der Waals surface area (Å²) in [7, 11) is 0. The maximum atomic E-state index is 11.1. The van der Waals surface area contributed by atoms with Gasteiger partial charge in [0, 0.05) is 6.42 Å². The Bertz CT molecular complexity index is 167. The smallest absolute Gasteiger partial charge is 0.305 e. The molecular weight excluding hydrogens is 178 g/mol. The Hall–Kier alpha value is -0.570. The molecule has 0 saturated heterocycles. The number of carbonyl (C=O) groups excluding carboxylic acids is 1. The van der Waals surface area contributed by atoms with Crippen molar-refractivity contribution in [3.8, 4) is 0 Å². The van der Waals surface area contributed by atoms with Gasteiger partial charge < -0.3 is 10.5 Å². The van der Waals surface area contributed by atoms with E-state index in [9.17, 15) is 4.79 Å². The molecule has 0 aromatic carbocycles. The minimum Gasteiger partial charge on any atom is -0.466 e. The minimum absolute atomic E-state index is 0.0576. The van der Waals surface area contributed by atoms with Gasteiger partial charge in [-0.2, -0.15) is 0 Å². The van der Waals surface area contributed by atoms with E-state index in [-0.39, 0.29) is 5.97 Å². The summed E-state index contributed by atoms with van der Waals surface area (Å²) in [4.78, 5) is 11.1. The van der Waals surface area contributed by atoms with E-state index in [0.29, 0.717) is 19.6 Å². The van der Waals surface area contributed by atoms with E-state index in [1.807, 2.05) is 0 Å². The molecule has 0 bridgehead atoms. The second-order valence-electron chi connectivity index (χ2n) is 4.05. The fraction of sp³-hybridized carbons (Fsp3) is 0.909. The molecule has 0 unspecified atom stereocenters. The van der Waals surface area contributed by atoms with Crippen molar-refractivity contribution in [1.29, 1.82) is 0 Å². The molecule has 3 heteroatoms. The largest absolute Gasteiger partial charge is 0.466 e. The van der Waals surface area contributed by atoms with Gasteiger partial charge in [0.15, 0.2) is 0 Å². The Kier molecular flexibility index (Phi) is 5.60. The molecule has 0 amide bonds. The average molecular weight is 199 g/mol. The Labute approximate surface area is 86.0 Å². The Balaban J connectivity index is 1.86. The predicted octanol–water partition coefficient (Wildman–Crippen LogP) is 1.85. The number of hydrogen-bond acceptors (Lipinski definition) is 3. The number of carbonyl (C=O) groups is 1. The number of hydrogen-bond donors (Lipinski definition) is 1. The highest BCUT2D eigenvalue weighted by atomic mass is 16.5. The van der Waals surface area contributed by atoms with Gasteiger partial charge in [-0.25, -0.2) is 0 Å². The van der Waals surface area contributed by atoms with Crippen molar-refractivity contribution in [3.63, 3.8) is 0 Å². The lowest BCUT2D eigenvalue weighted by molar-refractivity contribution is -0.144. The van der Waals surface area contributed by atoms with Crippen LogP contribution in [0.25, 0.3) is 0 Å². The van der Waals surface area contributed by atoms with Crippen LogP contribution >= 0.6 is 0 Å². The molecule has 0 heterocycles. The first-order valence-electron chi connectivity index (χ1n) is 5.68. The zero-order chi connectivity index (χ0) is 10.2. The zero-order valence-electron chi connectivity index (χ0n) is 8.84. The van der Waals surface area contributed by atoms with Gasteiger partial charge in [-0.15, -0.1) is 0 Å². The Morgan fingerprint density at radius 3 is 2.71 bits per heavy atom. The molecule has 1 saturated carbocycles. The van der Waals surface area contributed by atoms with E-state index in [4.69, 9.17) is 10.5 Å².